The number of rotatable bonds is 6. The van der Waals surface area contributed by atoms with Gasteiger partial charge < -0.3 is 0 Å². The lowest BCUT2D eigenvalue weighted by Gasteiger charge is -2.09. The Hall–Kier alpha value is -2.33. The Balaban J connectivity index is 2.48. The Morgan fingerprint density at radius 3 is 1.48 bits per heavy atom. The molecule has 2 aromatic rings. The average Bonchev–Trinajstić information content (AvgIpc) is 2.54. The largest absolute Gasteiger partial charge is 0.294 e. The minimum atomic E-state index is -4.30. The molecule has 0 radical (unpaired) electrons. The molecule has 0 fully saturated rings. The van der Waals surface area contributed by atoms with Crippen LogP contribution in [0.2, 0.25) is 0 Å². The molecule has 2 aromatic carbocycles. The van der Waals surface area contributed by atoms with Crippen molar-refractivity contribution in [2.75, 3.05) is 6.54 Å². The Bertz CT molecular complexity index is 928. The second-order valence-electron chi connectivity index (χ2n) is 4.98. The van der Waals surface area contributed by atoms with Crippen LogP contribution in [-0.4, -0.2) is 38.2 Å². The first kappa shape index (κ1) is 19.0. The summed E-state index contributed by atoms with van der Waals surface area (Å²) in [4.78, 5) is 3.84. The van der Waals surface area contributed by atoms with Crippen LogP contribution in [0.3, 0.4) is 0 Å². The van der Waals surface area contributed by atoms with Crippen molar-refractivity contribution < 1.29 is 25.9 Å². The summed E-state index contributed by atoms with van der Waals surface area (Å²) in [5, 5.41) is 0. The highest BCUT2D eigenvalue weighted by molar-refractivity contribution is 7.86. The summed E-state index contributed by atoms with van der Waals surface area (Å²) in [5.74, 6) is 0. The molecule has 25 heavy (non-hydrogen) atoms. The van der Waals surface area contributed by atoms with E-state index >= 15 is 0 Å². The molecule has 7 nitrogen and oxygen atoms in total. The van der Waals surface area contributed by atoms with E-state index in [0.29, 0.717) is 16.8 Å². The van der Waals surface area contributed by atoms with Gasteiger partial charge >= 0.3 is 0 Å². The topological polar surface area (TPSA) is 121 Å². The van der Waals surface area contributed by atoms with Gasteiger partial charge in [0.15, 0.2) is 0 Å². The molecular weight excluding hydrogens is 366 g/mol. The maximum absolute atomic E-state index is 11.1. The summed E-state index contributed by atoms with van der Waals surface area (Å²) >= 11 is 0. The molecule has 0 amide bonds. The third-order valence-electron chi connectivity index (χ3n) is 3.23. The van der Waals surface area contributed by atoms with E-state index in [1.165, 1.54) is 48.5 Å². The minimum Gasteiger partial charge on any atom is -0.282 e. The van der Waals surface area contributed by atoms with E-state index in [0.717, 1.165) is 0 Å². The molecule has 0 aliphatic heterocycles. The molecule has 0 unspecified atom stereocenters. The zero-order chi connectivity index (χ0) is 18.7. The van der Waals surface area contributed by atoms with E-state index < -0.39 is 20.2 Å². The zero-order valence-electron chi connectivity index (χ0n) is 12.9. The lowest BCUT2D eigenvalue weighted by Crippen LogP contribution is -2.06. The quantitative estimate of drug-likeness (QED) is 0.449. The summed E-state index contributed by atoms with van der Waals surface area (Å²) in [6.07, 6.45) is 1.57. The maximum Gasteiger partial charge on any atom is 0.294 e. The number of benzene rings is 2. The smallest absolute Gasteiger partial charge is 0.282 e. The van der Waals surface area contributed by atoms with Gasteiger partial charge in [-0.3, -0.25) is 14.1 Å². The first-order chi connectivity index (χ1) is 11.6. The molecule has 132 valence electrons. The normalized spacial score (nSPS) is 11.8. The van der Waals surface area contributed by atoms with Crippen LogP contribution in [0.15, 0.2) is 76.0 Å². The third-order valence-corrected chi connectivity index (χ3v) is 4.97. The minimum absolute atomic E-state index is 0.249. The molecule has 0 atom stereocenters. The zero-order valence-corrected chi connectivity index (χ0v) is 14.5. The Kier molecular flexibility index (Phi) is 5.53. The van der Waals surface area contributed by atoms with Crippen LogP contribution < -0.4 is 0 Å². The predicted octanol–water partition coefficient (Wildman–Crippen LogP) is 2.20. The van der Waals surface area contributed by atoms with Gasteiger partial charge in [0.1, 0.15) is 0 Å². The van der Waals surface area contributed by atoms with E-state index in [1.807, 2.05) is 0 Å². The second kappa shape index (κ2) is 7.28. The van der Waals surface area contributed by atoms with Crippen LogP contribution in [0.5, 0.6) is 0 Å². The standard InChI is InChI=1S/C16H15NO6S2/c1-2-11-17-16(12-3-7-14(8-4-12)24(18,19)20)13-5-9-15(10-6-13)25(21,22)23/h2-10H,1,11H2,(H,18,19,20)(H,21,22,23). The lowest BCUT2D eigenvalue weighted by molar-refractivity contribution is 0.481. The van der Waals surface area contributed by atoms with Gasteiger partial charge in [0.2, 0.25) is 0 Å². The molecule has 0 saturated carbocycles. The van der Waals surface area contributed by atoms with Gasteiger partial charge in [-0.15, -0.1) is 6.58 Å². The second-order valence-corrected chi connectivity index (χ2v) is 7.82. The van der Waals surface area contributed by atoms with E-state index in [-0.39, 0.29) is 16.3 Å². The summed E-state index contributed by atoms with van der Waals surface area (Å²) in [7, 11) is -8.60. The average molecular weight is 381 g/mol. The van der Waals surface area contributed by atoms with Gasteiger partial charge in [-0.1, -0.05) is 30.3 Å². The molecule has 0 heterocycles. The molecule has 2 rings (SSSR count). The lowest BCUT2D eigenvalue weighted by atomic mass is 10.0. The predicted molar refractivity (Wildman–Crippen MR) is 93.2 cm³/mol. The number of nitrogens with zero attached hydrogens (tertiary/aromatic N) is 1. The first-order valence-electron chi connectivity index (χ1n) is 6.94. The number of hydrogen-bond donors (Lipinski definition) is 2. The fourth-order valence-electron chi connectivity index (χ4n) is 2.07. The Morgan fingerprint density at radius 2 is 1.20 bits per heavy atom. The monoisotopic (exact) mass is 381 g/mol. The van der Waals surface area contributed by atoms with Crippen LogP contribution in [0.4, 0.5) is 0 Å². The number of aliphatic imine (C=N–C) groups is 1. The van der Waals surface area contributed by atoms with Gasteiger partial charge in [0.25, 0.3) is 20.2 Å². The van der Waals surface area contributed by atoms with Crippen molar-refractivity contribution in [1.82, 2.24) is 0 Å². The molecule has 9 heteroatoms. The Morgan fingerprint density at radius 1 is 0.840 bits per heavy atom. The third kappa shape index (κ3) is 4.83. The van der Waals surface area contributed by atoms with Crippen LogP contribution in [0.1, 0.15) is 11.1 Å². The maximum atomic E-state index is 11.1. The molecule has 0 aromatic heterocycles. The summed E-state index contributed by atoms with van der Waals surface area (Å²) in [6.45, 7) is 3.87. The van der Waals surface area contributed by atoms with Crippen LogP contribution in [0, 0.1) is 0 Å². The molecule has 0 aliphatic rings. The van der Waals surface area contributed by atoms with Gasteiger partial charge in [0.05, 0.1) is 22.0 Å². The van der Waals surface area contributed by atoms with E-state index in [4.69, 9.17) is 9.11 Å². The van der Waals surface area contributed by atoms with E-state index in [2.05, 4.69) is 11.6 Å². The molecule has 0 spiro atoms. The van der Waals surface area contributed by atoms with Crippen molar-refractivity contribution in [1.29, 1.82) is 0 Å². The highest BCUT2D eigenvalue weighted by atomic mass is 32.2. The van der Waals surface area contributed by atoms with Crippen molar-refractivity contribution in [3.63, 3.8) is 0 Å². The highest BCUT2D eigenvalue weighted by Gasteiger charge is 2.13. The molecule has 2 N–H and O–H groups in total. The van der Waals surface area contributed by atoms with E-state index in [1.54, 1.807) is 6.08 Å². The van der Waals surface area contributed by atoms with Crippen LogP contribution in [-0.2, 0) is 20.2 Å². The van der Waals surface area contributed by atoms with Gasteiger partial charge in [-0.2, -0.15) is 16.8 Å². The number of hydrogen-bond acceptors (Lipinski definition) is 5. The molecule has 0 aliphatic carbocycles. The fraction of sp³-hybridized carbons (Fsp3) is 0.0625. The van der Waals surface area contributed by atoms with Crippen molar-refractivity contribution in [2.45, 2.75) is 9.79 Å². The molecule has 0 saturated heterocycles. The van der Waals surface area contributed by atoms with Crippen molar-refractivity contribution in [2.24, 2.45) is 4.99 Å². The summed E-state index contributed by atoms with van der Waals surface area (Å²) < 4.78 is 62.5. The fourth-order valence-corrected chi connectivity index (χ4v) is 3.03. The highest BCUT2D eigenvalue weighted by Crippen LogP contribution is 2.17. The first-order valence-corrected chi connectivity index (χ1v) is 9.82. The Labute approximate surface area is 145 Å². The van der Waals surface area contributed by atoms with E-state index in [9.17, 15) is 16.8 Å². The van der Waals surface area contributed by atoms with Crippen molar-refractivity contribution in [3.05, 3.63) is 72.3 Å². The van der Waals surface area contributed by atoms with Crippen LogP contribution in [0.25, 0.3) is 0 Å². The van der Waals surface area contributed by atoms with Crippen molar-refractivity contribution in [3.8, 4) is 0 Å². The van der Waals surface area contributed by atoms with Crippen LogP contribution >= 0.6 is 0 Å². The summed E-state index contributed by atoms with van der Waals surface area (Å²) in [6, 6.07) is 10.8. The van der Waals surface area contributed by atoms with Gasteiger partial charge in [0, 0.05) is 11.1 Å². The van der Waals surface area contributed by atoms with Crippen molar-refractivity contribution >= 4 is 25.9 Å². The van der Waals surface area contributed by atoms with Gasteiger partial charge in [-0.05, 0) is 24.3 Å². The molecular formula is C16H15NO6S2. The SMILES string of the molecule is C=CCN=C(c1ccc(S(=O)(=O)O)cc1)c1ccc(S(=O)(=O)O)cc1. The van der Waals surface area contributed by atoms with Gasteiger partial charge in [-0.25, -0.2) is 0 Å². The molecule has 0 bridgehead atoms. The summed E-state index contributed by atoms with van der Waals surface area (Å²) in [5.41, 5.74) is 1.60.